The van der Waals surface area contributed by atoms with Crippen molar-refractivity contribution in [1.82, 2.24) is 0 Å². The second-order valence-corrected chi connectivity index (χ2v) is 5.25. The predicted octanol–water partition coefficient (Wildman–Crippen LogP) is 4.76. The molecule has 0 aliphatic carbocycles. The summed E-state index contributed by atoms with van der Waals surface area (Å²) in [4.78, 5) is 4.21. The number of nitrogens with zero attached hydrogens (tertiary/aromatic N) is 1. The van der Waals surface area contributed by atoms with E-state index in [-0.39, 0.29) is 0 Å². The van der Waals surface area contributed by atoms with Gasteiger partial charge < -0.3 is 5.11 Å². The lowest BCUT2D eigenvalue weighted by Gasteiger charge is -2.16. The molecule has 0 aliphatic rings. The van der Waals surface area contributed by atoms with Gasteiger partial charge in [-0.25, -0.2) is 0 Å². The van der Waals surface area contributed by atoms with Gasteiger partial charge in [0.15, 0.2) is 0 Å². The van der Waals surface area contributed by atoms with Crippen LogP contribution < -0.4 is 0 Å². The highest BCUT2D eigenvalue weighted by Crippen LogP contribution is 2.14. The zero-order chi connectivity index (χ0) is 15.8. The highest BCUT2D eigenvalue weighted by molar-refractivity contribution is 5.83. The van der Waals surface area contributed by atoms with Gasteiger partial charge in [0, 0.05) is 6.21 Å². The summed E-state index contributed by atoms with van der Waals surface area (Å²) in [6, 6.07) is 0. The number of rotatable bonds is 6. The lowest BCUT2D eigenvalue weighted by molar-refractivity contribution is 0.119. The average Bonchev–Trinajstić information content (AvgIpc) is 2.37. The number of hydrogen-bond acceptors (Lipinski definition) is 2. The minimum absolute atomic E-state index is 0.447. The van der Waals surface area contributed by atoms with Crippen LogP contribution in [0.5, 0.6) is 0 Å². The van der Waals surface area contributed by atoms with E-state index in [9.17, 15) is 5.11 Å². The molecule has 1 N–H and O–H groups in total. The van der Waals surface area contributed by atoms with Crippen molar-refractivity contribution in [3.8, 4) is 0 Å². The minimum atomic E-state index is -0.989. The molecule has 0 aromatic rings. The van der Waals surface area contributed by atoms with E-state index in [1.807, 2.05) is 32.1 Å². The van der Waals surface area contributed by atoms with Gasteiger partial charge in [-0.2, -0.15) is 0 Å². The first-order valence-corrected chi connectivity index (χ1v) is 6.82. The topological polar surface area (TPSA) is 32.6 Å². The third-order valence-corrected chi connectivity index (χ3v) is 2.97. The summed E-state index contributed by atoms with van der Waals surface area (Å²) in [7, 11) is 0. The molecule has 0 spiro atoms. The van der Waals surface area contributed by atoms with Gasteiger partial charge in [-0.05, 0) is 58.3 Å². The van der Waals surface area contributed by atoms with E-state index in [1.54, 1.807) is 20.1 Å². The highest BCUT2D eigenvalue weighted by Gasteiger charge is 2.15. The number of hydrogen-bond donors (Lipinski definition) is 1. The maximum Gasteiger partial charge on any atom is 0.100 e. The van der Waals surface area contributed by atoms with E-state index < -0.39 is 5.60 Å². The van der Waals surface area contributed by atoms with Crippen LogP contribution in [0, 0.1) is 0 Å². The van der Waals surface area contributed by atoms with Crippen molar-refractivity contribution >= 4 is 6.21 Å². The molecule has 0 bridgehead atoms. The lowest BCUT2D eigenvalue weighted by atomic mass is 10.1. The third-order valence-electron chi connectivity index (χ3n) is 2.97. The minimum Gasteiger partial charge on any atom is -0.384 e. The van der Waals surface area contributed by atoms with Crippen molar-refractivity contribution in [2.24, 2.45) is 4.99 Å². The first-order valence-electron chi connectivity index (χ1n) is 6.82. The summed E-state index contributed by atoms with van der Waals surface area (Å²) in [6.07, 6.45) is 11.9. The zero-order valence-corrected chi connectivity index (χ0v) is 13.6. The Bertz CT molecular complexity index is 480. The van der Waals surface area contributed by atoms with E-state index in [1.165, 1.54) is 11.1 Å². The van der Waals surface area contributed by atoms with Crippen LogP contribution in [0.2, 0.25) is 0 Å². The van der Waals surface area contributed by atoms with Gasteiger partial charge in [0.2, 0.25) is 0 Å². The molecule has 0 unspecified atom stereocenters. The molecule has 0 atom stereocenters. The van der Waals surface area contributed by atoms with Crippen LogP contribution in [0.3, 0.4) is 0 Å². The van der Waals surface area contributed by atoms with E-state index in [2.05, 4.69) is 37.6 Å². The summed E-state index contributed by atoms with van der Waals surface area (Å²) >= 11 is 0. The van der Waals surface area contributed by atoms with Crippen molar-refractivity contribution in [1.29, 1.82) is 0 Å². The number of aliphatic imine (C=N–C) groups is 1. The summed E-state index contributed by atoms with van der Waals surface area (Å²) in [5.74, 6) is 0. The second-order valence-electron chi connectivity index (χ2n) is 5.25. The Morgan fingerprint density at radius 2 is 1.60 bits per heavy atom. The van der Waals surface area contributed by atoms with Gasteiger partial charge in [0.25, 0.3) is 0 Å². The van der Waals surface area contributed by atoms with Crippen molar-refractivity contribution in [3.63, 3.8) is 0 Å². The molecule has 0 fully saturated rings. The monoisotopic (exact) mass is 273 g/mol. The van der Waals surface area contributed by atoms with Crippen LogP contribution >= 0.6 is 0 Å². The zero-order valence-electron chi connectivity index (χ0n) is 13.6. The second kappa shape index (κ2) is 8.49. The SMILES string of the molecule is C=C(N=CC(=C\C)/C=C/C(C)=C(C)\C=C/C)C(C)(C)O. The fourth-order valence-corrected chi connectivity index (χ4v) is 1.26. The summed E-state index contributed by atoms with van der Waals surface area (Å²) < 4.78 is 0. The first-order chi connectivity index (χ1) is 9.22. The standard InChI is InChI=1S/C18H27NO/c1-8-10-14(3)15(4)11-12-17(9-2)13-19-16(5)18(6,7)20/h8-13,20H,5H2,1-4,6-7H3/b10-8-,12-11+,15-14-,17-9-,19-13?. The maximum atomic E-state index is 9.76. The summed E-state index contributed by atoms with van der Waals surface area (Å²) in [6.45, 7) is 15.2. The molecular formula is C18H27NO. The van der Waals surface area contributed by atoms with Crippen molar-refractivity contribution in [3.05, 3.63) is 59.4 Å². The normalized spacial score (nSPS) is 15.4. The Morgan fingerprint density at radius 3 is 2.05 bits per heavy atom. The molecule has 110 valence electrons. The van der Waals surface area contributed by atoms with Gasteiger partial charge in [0.05, 0.1) is 5.70 Å². The highest BCUT2D eigenvalue weighted by atomic mass is 16.3. The van der Waals surface area contributed by atoms with Crippen LogP contribution in [-0.2, 0) is 0 Å². The molecule has 2 heteroatoms. The number of allylic oxidation sites excluding steroid dienone is 8. The molecule has 0 saturated carbocycles. The Balaban J connectivity index is 4.96. The smallest absolute Gasteiger partial charge is 0.100 e. The molecule has 20 heavy (non-hydrogen) atoms. The molecule has 0 aliphatic heterocycles. The molecule has 0 heterocycles. The summed E-state index contributed by atoms with van der Waals surface area (Å²) in [5.41, 5.74) is 2.87. The van der Waals surface area contributed by atoms with E-state index in [0.29, 0.717) is 5.70 Å². The molecule has 0 amide bonds. The fraction of sp³-hybridized carbons (Fsp3) is 0.389. The summed E-state index contributed by atoms with van der Waals surface area (Å²) in [5, 5.41) is 9.76. The van der Waals surface area contributed by atoms with Crippen molar-refractivity contribution in [2.75, 3.05) is 0 Å². The average molecular weight is 273 g/mol. The van der Waals surface area contributed by atoms with E-state index >= 15 is 0 Å². The molecule has 0 rings (SSSR count). The van der Waals surface area contributed by atoms with Gasteiger partial charge in [-0.1, -0.05) is 37.0 Å². The van der Waals surface area contributed by atoms with Crippen LogP contribution in [0.4, 0.5) is 0 Å². The van der Waals surface area contributed by atoms with Gasteiger partial charge in [-0.3, -0.25) is 4.99 Å². The third kappa shape index (κ3) is 7.05. The van der Waals surface area contributed by atoms with Crippen LogP contribution in [0.25, 0.3) is 0 Å². The first kappa shape index (κ1) is 18.3. The van der Waals surface area contributed by atoms with Gasteiger partial charge in [-0.15, -0.1) is 0 Å². The van der Waals surface area contributed by atoms with Crippen LogP contribution in [0.15, 0.2) is 64.4 Å². The van der Waals surface area contributed by atoms with Crippen molar-refractivity contribution < 1.29 is 5.11 Å². The number of aliphatic hydroxyl groups is 1. The largest absolute Gasteiger partial charge is 0.384 e. The van der Waals surface area contributed by atoms with Gasteiger partial charge >= 0.3 is 0 Å². The predicted molar refractivity (Wildman–Crippen MR) is 90.0 cm³/mol. The fourth-order valence-electron chi connectivity index (χ4n) is 1.26. The Morgan fingerprint density at radius 1 is 1.05 bits per heavy atom. The lowest BCUT2D eigenvalue weighted by Crippen LogP contribution is -2.19. The van der Waals surface area contributed by atoms with Crippen LogP contribution in [0.1, 0.15) is 41.5 Å². The van der Waals surface area contributed by atoms with E-state index in [0.717, 1.165) is 5.57 Å². The Kier molecular flexibility index (Phi) is 7.78. The molecule has 2 nitrogen and oxygen atoms in total. The molecule has 0 aromatic carbocycles. The van der Waals surface area contributed by atoms with Crippen LogP contribution in [-0.4, -0.2) is 16.9 Å². The molecule has 0 aromatic heterocycles. The maximum absolute atomic E-state index is 9.76. The van der Waals surface area contributed by atoms with Gasteiger partial charge in [0.1, 0.15) is 5.60 Å². The quantitative estimate of drug-likeness (QED) is 0.549. The molecular weight excluding hydrogens is 246 g/mol. The molecule has 0 saturated heterocycles. The van der Waals surface area contributed by atoms with E-state index in [4.69, 9.17) is 0 Å². The van der Waals surface area contributed by atoms with Crippen molar-refractivity contribution in [2.45, 2.75) is 47.1 Å². The Hall–Kier alpha value is -1.67. The Labute approximate surface area is 123 Å². The molecule has 0 radical (unpaired) electrons.